The summed E-state index contributed by atoms with van der Waals surface area (Å²) >= 11 is 0. The molecule has 1 aromatic carbocycles. The van der Waals surface area contributed by atoms with Crippen LogP contribution in [0.4, 0.5) is 0 Å². The number of rotatable bonds is 6. The Balaban J connectivity index is 2.27. The van der Waals surface area contributed by atoms with Crippen LogP contribution in [-0.4, -0.2) is 23.6 Å². The summed E-state index contributed by atoms with van der Waals surface area (Å²) < 4.78 is 5.20. The number of hydrogen-bond donors (Lipinski definition) is 1. The highest BCUT2D eigenvalue weighted by atomic mass is 16.5. The molecule has 2 aromatic rings. The van der Waals surface area contributed by atoms with E-state index >= 15 is 0 Å². The van der Waals surface area contributed by atoms with Crippen LogP contribution in [0.5, 0.6) is 5.75 Å². The van der Waals surface area contributed by atoms with E-state index in [9.17, 15) is 0 Å². The highest BCUT2D eigenvalue weighted by molar-refractivity contribution is 5.32. The van der Waals surface area contributed by atoms with Crippen LogP contribution in [0.15, 0.2) is 36.7 Å². The fraction of sp³-hybridized carbons (Fsp3) is 0.375. The Bertz CT molecular complexity index is 522. The second-order valence-corrected chi connectivity index (χ2v) is 4.74. The first kappa shape index (κ1) is 14.5. The molecule has 1 aromatic heterocycles. The third-order valence-electron chi connectivity index (χ3n) is 3.14. The van der Waals surface area contributed by atoms with Crippen molar-refractivity contribution in [3.63, 3.8) is 0 Å². The Hall–Kier alpha value is -1.94. The van der Waals surface area contributed by atoms with Crippen molar-refractivity contribution in [2.45, 2.75) is 26.3 Å². The summed E-state index contributed by atoms with van der Waals surface area (Å²) in [6.45, 7) is 5.03. The first-order chi connectivity index (χ1) is 9.74. The van der Waals surface area contributed by atoms with Gasteiger partial charge in [-0.3, -0.25) is 9.97 Å². The first-order valence-corrected chi connectivity index (χ1v) is 6.90. The molecule has 1 unspecified atom stereocenters. The summed E-state index contributed by atoms with van der Waals surface area (Å²) in [4.78, 5) is 8.83. The van der Waals surface area contributed by atoms with E-state index in [1.165, 1.54) is 0 Å². The lowest BCUT2D eigenvalue weighted by molar-refractivity contribution is 0.414. The molecule has 0 radical (unpaired) electrons. The number of nitrogens with zero attached hydrogens (tertiary/aromatic N) is 2. The largest absolute Gasteiger partial charge is 0.497 e. The number of hydrogen-bond acceptors (Lipinski definition) is 4. The van der Waals surface area contributed by atoms with Crippen molar-refractivity contribution in [1.29, 1.82) is 0 Å². The van der Waals surface area contributed by atoms with Gasteiger partial charge in [-0.1, -0.05) is 19.1 Å². The molecule has 1 heterocycles. The van der Waals surface area contributed by atoms with Crippen molar-refractivity contribution < 1.29 is 4.74 Å². The summed E-state index contributed by atoms with van der Waals surface area (Å²) in [5.74, 6) is 0.859. The maximum absolute atomic E-state index is 5.20. The number of benzene rings is 1. The highest BCUT2D eigenvalue weighted by Crippen LogP contribution is 2.22. The molecule has 20 heavy (non-hydrogen) atoms. The second kappa shape index (κ2) is 7.01. The second-order valence-electron chi connectivity index (χ2n) is 4.74. The quantitative estimate of drug-likeness (QED) is 0.877. The van der Waals surface area contributed by atoms with Gasteiger partial charge in [-0.15, -0.1) is 0 Å². The highest BCUT2D eigenvalue weighted by Gasteiger charge is 2.15. The minimum absolute atomic E-state index is 0.0638. The molecule has 2 rings (SSSR count). The molecule has 0 aliphatic carbocycles. The van der Waals surface area contributed by atoms with E-state index in [4.69, 9.17) is 4.74 Å². The molecule has 0 fully saturated rings. The molecular weight excluding hydrogens is 250 g/mol. The van der Waals surface area contributed by atoms with Crippen molar-refractivity contribution in [2.75, 3.05) is 13.7 Å². The third kappa shape index (κ3) is 3.54. The van der Waals surface area contributed by atoms with Crippen LogP contribution in [-0.2, 0) is 0 Å². The van der Waals surface area contributed by atoms with Gasteiger partial charge >= 0.3 is 0 Å². The average molecular weight is 271 g/mol. The minimum Gasteiger partial charge on any atom is -0.497 e. The molecule has 1 atom stereocenters. The fourth-order valence-electron chi connectivity index (χ4n) is 2.03. The zero-order valence-electron chi connectivity index (χ0n) is 12.3. The van der Waals surface area contributed by atoms with E-state index in [0.29, 0.717) is 0 Å². The summed E-state index contributed by atoms with van der Waals surface area (Å²) in [7, 11) is 1.67. The number of ether oxygens (including phenoxy) is 1. The van der Waals surface area contributed by atoms with E-state index < -0.39 is 0 Å². The molecule has 0 aliphatic rings. The summed E-state index contributed by atoms with van der Waals surface area (Å²) in [5, 5.41) is 3.52. The number of methoxy groups -OCH3 is 1. The van der Waals surface area contributed by atoms with Gasteiger partial charge in [0.25, 0.3) is 0 Å². The number of aryl methyl sites for hydroxylation is 1. The van der Waals surface area contributed by atoms with Gasteiger partial charge in [-0.05, 0) is 37.6 Å². The molecule has 0 aliphatic heterocycles. The van der Waals surface area contributed by atoms with Crippen molar-refractivity contribution in [2.24, 2.45) is 0 Å². The zero-order chi connectivity index (χ0) is 14.4. The van der Waals surface area contributed by atoms with E-state index in [0.717, 1.165) is 35.7 Å². The fourth-order valence-corrected chi connectivity index (χ4v) is 2.03. The summed E-state index contributed by atoms with van der Waals surface area (Å²) in [6, 6.07) is 8.13. The van der Waals surface area contributed by atoms with E-state index in [2.05, 4.69) is 34.3 Å². The molecular formula is C16H21N3O. The van der Waals surface area contributed by atoms with Gasteiger partial charge in [0, 0.05) is 6.20 Å². The SMILES string of the molecule is CCCNC(c1ccc(OC)cc1)c1cnc(C)cn1. The molecule has 0 amide bonds. The predicted molar refractivity (Wildman–Crippen MR) is 79.9 cm³/mol. The van der Waals surface area contributed by atoms with Gasteiger partial charge < -0.3 is 10.1 Å². The van der Waals surface area contributed by atoms with Gasteiger partial charge in [0.15, 0.2) is 0 Å². The van der Waals surface area contributed by atoms with Crippen LogP contribution in [0.1, 0.15) is 36.3 Å². The van der Waals surface area contributed by atoms with Crippen molar-refractivity contribution in [3.8, 4) is 5.75 Å². The van der Waals surface area contributed by atoms with Gasteiger partial charge in [-0.25, -0.2) is 0 Å². The monoisotopic (exact) mass is 271 g/mol. The number of aromatic nitrogens is 2. The van der Waals surface area contributed by atoms with Crippen LogP contribution >= 0.6 is 0 Å². The number of nitrogens with one attached hydrogen (secondary N) is 1. The normalized spacial score (nSPS) is 12.2. The average Bonchev–Trinajstić information content (AvgIpc) is 2.50. The molecule has 0 saturated heterocycles. The van der Waals surface area contributed by atoms with E-state index in [1.807, 2.05) is 25.3 Å². The van der Waals surface area contributed by atoms with Crippen LogP contribution in [0.3, 0.4) is 0 Å². The minimum atomic E-state index is 0.0638. The summed E-state index contributed by atoms with van der Waals surface area (Å²) in [5.41, 5.74) is 3.03. The summed E-state index contributed by atoms with van der Waals surface area (Å²) in [6.07, 6.45) is 4.72. The first-order valence-electron chi connectivity index (χ1n) is 6.90. The van der Waals surface area contributed by atoms with E-state index in [1.54, 1.807) is 13.3 Å². The maximum Gasteiger partial charge on any atom is 0.118 e. The Morgan fingerprint density at radius 2 is 1.90 bits per heavy atom. The Morgan fingerprint density at radius 1 is 1.15 bits per heavy atom. The van der Waals surface area contributed by atoms with Crippen molar-refractivity contribution >= 4 is 0 Å². The molecule has 106 valence electrons. The molecule has 0 bridgehead atoms. The topological polar surface area (TPSA) is 47.0 Å². The van der Waals surface area contributed by atoms with Crippen molar-refractivity contribution in [3.05, 3.63) is 53.6 Å². The molecule has 4 heteroatoms. The van der Waals surface area contributed by atoms with Gasteiger partial charge in [0.05, 0.1) is 30.7 Å². The molecule has 4 nitrogen and oxygen atoms in total. The smallest absolute Gasteiger partial charge is 0.118 e. The molecule has 1 N–H and O–H groups in total. The third-order valence-corrected chi connectivity index (χ3v) is 3.14. The van der Waals surface area contributed by atoms with Gasteiger partial charge in [0.2, 0.25) is 0 Å². The maximum atomic E-state index is 5.20. The van der Waals surface area contributed by atoms with Crippen LogP contribution < -0.4 is 10.1 Å². The van der Waals surface area contributed by atoms with E-state index in [-0.39, 0.29) is 6.04 Å². The van der Waals surface area contributed by atoms with Gasteiger partial charge in [0.1, 0.15) is 5.75 Å². The Labute approximate surface area is 120 Å². The van der Waals surface area contributed by atoms with Crippen LogP contribution in [0, 0.1) is 6.92 Å². The lowest BCUT2D eigenvalue weighted by Gasteiger charge is -2.18. The standard InChI is InChI=1S/C16H21N3O/c1-4-9-17-16(15-11-18-12(2)10-19-15)13-5-7-14(20-3)8-6-13/h5-8,10-11,16-17H,4,9H2,1-3H3. The van der Waals surface area contributed by atoms with Crippen molar-refractivity contribution in [1.82, 2.24) is 15.3 Å². The zero-order valence-corrected chi connectivity index (χ0v) is 12.3. The molecule has 0 saturated carbocycles. The Kier molecular flexibility index (Phi) is 5.07. The van der Waals surface area contributed by atoms with Crippen LogP contribution in [0.2, 0.25) is 0 Å². The van der Waals surface area contributed by atoms with Gasteiger partial charge in [-0.2, -0.15) is 0 Å². The Morgan fingerprint density at radius 3 is 2.45 bits per heavy atom. The predicted octanol–water partition coefficient (Wildman–Crippen LogP) is 2.88. The lowest BCUT2D eigenvalue weighted by Crippen LogP contribution is -2.24. The molecule has 0 spiro atoms. The lowest BCUT2D eigenvalue weighted by atomic mass is 10.0. The van der Waals surface area contributed by atoms with Crippen LogP contribution in [0.25, 0.3) is 0 Å².